The van der Waals surface area contributed by atoms with Crippen molar-refractivity contribution in [3.63, 3.8) is 0 Å². The maximum atomic E-state index is 13.5. The number of hydrogen-bond acceptors (Lipinski definition) is 6. The largest absolute Gasteiger partial charge is 0.573 e. The highest BCUT2D eigenvalue weighted by Crippen LogP contribution is 2.67. The van der Waals surface area contributed by atoms with E-state index < -0.39 is 29.5 Å². The van der Waals surface area contributed by atoms with Crippen LogP contribution in [0, 0.1) is 11.8 Å². The summed E-state index contributed by atoms with van der Waals surface area (Å²) >= 11 is 0. The number of phenols is 1. The van der Waals surface area contributed by atoms with Crippen LogP contribution in [0.4, 0.5) is 13.2 Å². The van der Waals surface area contributed by atoms with Gasteiger partial charge in [-0.1, -0.05) is 25.1 Å². The predicted molar refractivity (Wildman–Crippen MR) is 148 cm³/mol. The molecule has 2 saturated carbocycles. The van der Waals surface area contributed by atoms with Crippen LogP contribution in [-0.2, 0) is 16.6 Å². The number of amides is 1. The van der Waals surface area contributed by atoms with Gasteiger partial charge in [0.2, 0.25) is 5.91 Å². The summed E-state index contributed by atoms with van der Waals surface area (Å²) in [5.41, 5.74) is 0.505. The van der Waals surface area contributed by atoms with Gasteiger partial charge in [0.15, 0.2) is 11.5 Å². The second-order valence-corrected chi connectivity index (χ2v) is 12.8. The van der Waals surface area contributed by atoms with Crippen LogP contribution < -0.4 is 9.47 Å². The third kappa shape index (κ3) is 4.05. The summed E-state index contributed by atoms with van der Waals surface area (Å²) in [6.45, 7) is 3.85. The first-order valence-corrected chi connectivity index (χ1v) is 14.7. The number of halogens is 3. The first-order valence-electron chi connectivity index (χ1n) is 14.7. The van der Waals surface area contributed by atoms with Gasteiger partial charge in [0.1, 0.15) is 11.9 Å². The van der Waals surface area contributed by atoms with E-state index in [2.05, 4.69) is 16.6 Å². The number of likely N-dealkylation sites (tertiary alicyclic amines) is 1. The second-order valence-electron chi connectivity index (χ2n) is 12.8. The number of likely N-dealkylation sites (N-methyl/N-ethyl adjacent to an activating group) is 1. The lowest BCUT2D eigenvalue weighted by atomic mass is 9.45. The number of aliphatic hydroxyl groups is 1. The Labute approximate surface area is 242 Å². The van der Waals surface area contributed by atoms with Crippen LogP contribution >= 0.6 is 0 Å². The van der Waals surface area contributed by atoms with Gasteiger partial charge < -0.3 is 24.6 Å². The Morgan fingerprint density at radius 3 is 2.79 bits per heavy atom. The molecule has 3 aliphatic carbocycles. The molecule has 224 valence electrons. The van der Waals surface area contributed by atoms with Crippen molar-refractivity contribution < 1.29 is 37.7 Å². The van der Waals surface area contributed by atoms with E-state index in [0.717, 1.165) is 24.2 Å². The number of benzene rings is 2. The topological polar surface area (TPSA) is 82.5 Å². The first kappa shape index (κ1) is 27.6. The van der Waals surface area contributed by atoms with Crippen LogP contribution in [0.15, 0.2) is 42.5 Å². The fraction of sp³-hybridized carbons (Fsp3) is 0.531. The maximum absolute atomic E-state index is 13.5. The molecule has 3 fully saturated rings. The number of carbonyl (C=O) groups excluding carboxylic acids is 1. The molecule has 10 heteroatoms. The van der Waals surface area contributed by atoms with Gasteiger partial charge in [-0.05, 0) is 85.9 Å². The van der Waals surface area contributed by atoms with E-state index in [0.29, 0.717) is 36.5 Å². The first-order chi connectivity index (χ1) is 19.9. The van der Waals surface area contributed by atoms with Crippen LogP contribution in [0.2, 0.25) is 0 Å². The number of hydrogen-bond donors (Lipinski definition) is 2. The molecule has 2 aliphatic heterocycles. The Bertz CT molecular complexity index is 1460. The molecule has 5 aliphatic rings. The molecule has 7 nitrogen and oxygen atoms in total. The van der Waals surface area contributed by atoms with Crippen molar-refractivity contribution in [2.24, 2.45) is 11.8 Å². The van der Waals surface area contributed by atoms with Gasteiger partial charge in [-0.15, -0.1) is 13.2 Å². The molecule has 2 heterocycles. The lowest BCUT2D eigenvalue weighted by Crippen LogP contribution is -2.80. The van der Waals surface area contributed by atoms with Crippen molar-refractivity contribution in [2.45, 2.75) is 74.6 Å². The average molecular weight is 585 g/mol. The Morgan fingerprint density at radius 1 is 1.26 bits per heavy atom. The molecule has 0 aromatic heterocycles. The molecule has 0 radical (unpaired) electrons. The van der Waals surface area contributed by atoms with Crippen molar-refractivity contribution in [1.29, 1.82) is 0 Å². The molecule has 6 atom stereocenters. The Balaban J connectivity index is 1.21. The summed E-state index contributed by atoms with van der Waals surface area (Å²) < 4.78 is 48.6. The molecule has 2 aromatic rings. The molecule has 7 rings (SSSR count). The van der Waals surface area contributed by atoms with E-state index in [1.165, 1.54) is 43.2 Å². The van der Waals surface area contributed by atoms with E-state index >= 15 is 0 Å². The number of ether oxygens (including phenoxy) is 2. The Hall–Kier alpha value is -3.24. The molecule has 1 spiro atoms. The van der Waals surface area contributed by atoms with E-state index in [9.17, 15) is 28.2 Å². The smallest absolute Gasteiger partial charge is 0.504 e. The zero-order valence-electron chi connectivity index (χ0n) is 23.6. The number of piperidine rings is 1. The Kier molecular flexibility index (Phi) is 6.16. The number of aromatic hydroxyl groups is 1. The standard InChI is InChI=1S/C32H35F3N2O5/c1-18-14-23(36(2)26(39)11-8-19-4-3-5-22(15-19)42-32(33,34)35)29-30-12-13-37(17-20-6-7-20)25(31(18,30)40)16-21-9-10-24(38)28(41-29)27(21)30/h3-5,8-11,15,18,20,23,25,29,38,40H,6-7,12-14,16-17H2,1-2H3/t18-,23-,25+,29+,30-,31+/m0/s1. The van der Waals surface area contributed by atoms with Gasteiger partial charge >= 0.3 is 6.36 Å². The van der Waals surface area contributed by atoms with Gasteiger partial charge in [-0.3, -0.25) is 9.69 Å². The zero-order chi connectivity index (χ0) is 29.6. The average Bonchev–Trinajstić information content (AvgIpc) is 3.68. The quantitative estimate of drug-likeness (QED) is 0.482. The van der Waals surface area contributed by atoms with E-state index in [1.54, 1.807) is 24.1 Å². The fourth-order valence-corrected chi connectivity index (χ4v) is 8.52. The highest BCUT2D eigenvalue weighted by atomic mass is 19.4. The van der Waals surface area contributed by atoms with Crippen LogP contribution in [0.3, 0.4) is 0 Å². The summed E-state index contributed by atoms with van der Waals surface area (Å²) in [7, 11) is 1.70. The summed E-state index contributed by atoms with van der Waals surface area (Å²) in [5, 5.41) is 23.7. The lowest BCUT2D eigenvalue weighted by molar-refractivity contribution is -0.274. The third-order valence-electron chi connectivity index (χ3n) is 10.5. The zero-order valence-corrected chi connectivity index (χ0v) is 23.6. The SMILES string of the molecule is C[C@H]1C[C@H](N(C)C(=O)C=Cc2cccc(OC(F)(F)F)c2)[C@H]2Oc3c(O)ccc4c3[C@@]23CCN(CC2CC2)[C@H](C4)[C@]13O. The van der Waals surface area contributed by atoms with Crippen LogP contribution in [0.25, 0.3) is 6.08 Å². The van der Waals surface area contributed by atoms with Crippen LogP contribution in [0.5, 0.6) is 17.2 Å². The minimum absolute atomic E-state index is 0.0416. The number of phenolic OH excluding ortho intramolecular Hbond substituents is 1. The molecule has 2 bridgehead atoms. The summed E-state index contributed by atoms with van der Waals surface area (Å²) in [6, 6.07) is 8.59. The van der Waals surface area contributed by atoms with E-state index in [1.807, 2.05) is 6.07 Å². The number of carbonyl (C=O) groups is 1. The maximum Gasteiger partial charge on any atom is 0.573 e. The van der Waals surface area contributed by atoms with Gasteiger partial charge in [0.25, 0.3) is 0 Å². The molecule has 1 amide bonds. The fourth-order valence-electron chi connectivity index (χ4n) is 8.52. The minimum Gasteiger partial charge on any atom is -0.504 e. The number of nitrogens with zero attached hydrogens (tertiary/aromatic N) is 2. The Morgan fingerprint density at radius 2 is 2.05 bits per heavy atom. The van der Waals surface area contributed by atoms with Crippen molar-refractivity contribution in [3.05, 3.63) is 59.2 Å². The summed E-state index contributed by atoms with van der Waals surface area (Å²) in [6.07, 6.45) is 1.74. The van der Waals surface area contributed by atoms with Gasteiger partial charge in [0, 0.05) is 31.3 Å². The third-order valence-corrected chi connectivity index (χ3v) is 10.5. The molecule has 2 N–H and O–H groups in total. The monoisotopic (exact) mass is 584 g/mol. The lowest BCUT2D eigenvalue weighted by Gasteiger charge is -2.67. The highest BCUT2D eigenvalue weighted by Gasteiger charge is 2.75. The van der Waals surface area contributed by atoms with Gasteiger partial charge in [-0.2, -0.15) is 0 Å². The minimum atomic E-state index is -4.81. The van der Waals surface area contributed by atoms with E-state index in [-0.39, 0.29) is 29.4 Å². The molecular weight excluding hydrogens is 549 g/mol. The molecule has 2 aromatic carbocycles. The van der Waals surface area contributed by atoms with Crippen molar-refractivity contribution in [1.82, 2.24) is 9.80 Å². The van der Waals surface area contributed by atoms with Crippen molar-refractivity contribution in [2.75, 3.05) is 20.1 Å². The van der Waals surface area contributed by atoms with Gasteiger partial charge in [-0.25, -0.2) is 0 Å². The normalized spacial score (nSPS) is 33.3. The molecular formula is C32H35F3N2O5. The number of rotatable bonds is 6. The second kappa shape index (κ2) is 9.38. The molecule has 0 unspecified atom stereocenters. The summed E-state index contributed by atoms with van der Waals surface area (Å²) in [5.74, 6) is 0.280. The summed E-state index contributed by atoms with van der Waals surface area (Å²) in [4.78, 5) is 17.6. The highest BCUT2D eigenvalue weighted by molar-refractivity contribution is 5.92. The van der Waals surface area contributed by atoms with Crippen LogP contribution in [0.1, 0.15) is 49.3 Å². The molecule has 42 heavy (non-hydrogen) atoms. The molecule has 1 saturated heterocycles. The van der Waals surface area contributed by atoms with Crippen molar-refractivity contribution in [3.8, 4) is 17.2 Å². The van der Waals surface area contributed by atoms with Gasteiger partial charge in [0.05, 0.1) is 17.1 Å². The number of alkyl halides is 3. The van der Waals surface area contributed by atoms with Crippen molar-refractivity contribution >= 4 is 12.0 Å². The van der Waals surface area contributed by atoms with Crippen LogP contribution in [-0.4, -0.2) is 76.2 Å². The predicted octanol–water partition coefficient (Wildman–Crippen LogP) is 4.64. The van der Waals surface area contributed by atoms with E-state index in [4.69, 9.17) is 4.74 Å².